The van der Waals surface area contributed by atoms with E-state index in [0.29, 0.717) is 34.0 Å². The fourth-order valence-electron chi connectivity index (χ4n) is 2.86. The van der Waals surface area contributed by atoms with Crippen LogP contribution in [-0.4, -0.2) is 18.3 Å². The molecule has 3 nitrogen and oxygen atoms in total. The molecule has 0 spiro atoms. The van der Waals surface area contributed by atoms with E-state index in [0.717, 1.165) is 12.8 Å². The van der Waals surface area contributed by atoms with E-state index in [1.54, 1.807) is 42.5 Å². The number of carbonyl (C=O) groups is 1. The lowest BCUT2D eigenvalue weighted by atomic mass is 9.90. The first-order chi connectivity index (χ1) is 12.6. The van der Waals surface area contributed by atoms with Crippen molar-refractivity contribution in [3.63, 3.8) is 0 Å². The molecule has 1 atom stereocenters. The van der Waals surface area contributed by atoms with Crippen LogP contribution in [0.2, 0.25) is 5.02 Å². The molecule has 0 bridgehead atoms. The van der Waals surface area contributed by atoms with Crippen LogP contribution in [0.3, 0.4) is 0 Å². The normalized spacial score (nSPS) is 15.8. The van der Waals surface area contributed by atoms with Crippen molar-refractivity contribution in [2.24, 2.45) is 4.99 Å². The molecule has 0 N–H and O–H groups in total. The molecule has 134 valence electrons. The van der Waals surface area contributed by atoms with Gasteiger partial charge in [0.25, 0.3) is 0 Å². The first kappa shape index (κ1) is 18.3. The van der Waals surface area contributed by atoms with Crippen LogP contribution >= 0.6 is 11.6 Å². The van der Waals surface area contributed by atoms with Crippen LogP contribution in [0.1, 0.15) is 42.4 Å². The number of hydrogen-bond acceptors (Lipinski definition) is 3. The summed E-state index contributed by atoms with van der Waals surface area (Å²) in [5.41, 5.74) is 2.14. The zero-order valence-corrected chi connectivity index (χ0v) is 15.2. The number of halogens is 2. The Bertz CT molecular complexity index is 876. The van der Waals surface area contributed by atoms with Crippen LogP contribution in [0.25, 0.3) is 0 Å². The Kier molecular flexibility index (Phi) is 5.84. The second kappa shape index (κ2) is 8.28. The van der Waals surface area contributed by atoms with Gasteiger partial charge in [0.05, 0.1) is 12.3 Å². The summed E-state index contributed by atoms with van der Waals surface area (Å²) < 4.78 is 19.7. The van der Waals surface area contributed by atoms with E-state index in [4.69, 9.17) is 16.3 Å². The van der Waals surface area contributed by atoms with Crippen LogP contribution in [0.5, 0.6) is 0 Å². The molecule has 3 rings (SSSR count). The zero-order valence-electron chi connectivity index (χ0n) is 14.4. The quantitative estimate of drug-likeness (QED) is 0.530. The number of benzene rings is 2. The van der Waals surface area contributed by atoms with Gasteiger partial charge in [-0.1, -0.05) is 43.1 Å². The Hall–Kier alpha value is -2.46. The minimum absolute atomic E-state index is 0.344. The van der Waals surface area contributed by atoms with Gasteiger partial charge in [-0.05, 0) is 42.3 Å². The molecule has 0 aliphatic carbocycles. The second-order valence-corrected chi connectivity index (χ2v) is 6.47. The maximum atomic E-state index is 14.3. The van der Waals surface area contributed by atoms with Gasteiger partial charge in [-0.3, -0.25) is 9.79 Å². The van der Waals surface area contributed by atoms with Gasteiger partial charge in [-0.25, -0.2) is 4.39 Å². The molecular formula is C21H19ClFNO2. The number of ether oxygens (including phenoxy) is 1. The molecule has 0 amide bonds. The van der Waals surface area contributed by atoms with Crippen LogP contribution in [0, 0.1) is 5.82 Å². The molecular weight excluding hydrogens is 353 g/mol. The average molecular weight is 372 g/mol. The topological polar surface area (TPSA) is 38.7 Å². The first-order valence-corrected chi connectivity index (χ1v) is 8.95. The van der Waals surface area contributed by atoms with E-state index in [2.05, 4.69) is 4.99 Å². The van der Waals surface area contributed by atoms with E-state index >= 15 is 0 Å². The summed E-state index contributed by atoms with van der Waals surface area (Å²) in [5, 5.41) is 0.493. The fourth-order valence-corrected chi connectivity index (χ4v) is 3.03. The molecule has 5 heteroatoms. The molecule has 0 aromatic heterocycles. The van der Waals surface area contributed by atoms with E-state index in [9.17, 15) is 9.18 Å². The smallest absolute Gasteiger partial charge is 0.317 e. The fraction of sp³-hybridized carbons (Fsp3) is 0.238. The van der Waals surface area contributed by atoms with Crippen LogP contribution in [-0.2, 0) is 9.53 Å². The molecule has 2 aromatic rings. The second-order valence-electron chi connectivity index (χ2n) is 6.03. The van der Waals surface area contributed by atoms with Crippen molar-refractivity contribution < 1.29 is 13.9 Å². The molecule has 1 aliphatic rings. The summed E-state index contributed by atoms with van der Waals surface area (Å²) in [4.78, 5) is 16.9. The number of rotatable bonds is 5. The number of carbonyl (C=O) groups excluding carboxylic acids is 1. The maximum Gasteiger partial charge on any atom is 0.317 e. The molecule has 0 radical (unpaired) electrons. The predicted octanol–water partition coefficient (Wildman–Crippen LogP) is 5.27. The average Bonchev–Trinajstić information content (AvgIpc) is 2.81. The minimum Gasteiger partial charge on any atom is -0.465 e. The van der Waals surface area contributed by atoms with Gasteiger partial charge in [0.15, 0.2) is 0 Å². The summed E-state index contributed by atoms with van der Waals surface area (Å²) >= 11 is 6.17. The molecule has 0 saturated heterocycles. The van der Waals surface area contributed by atoms with E-state index < -0.39 is 5.92 Å². The number of nitrogens with zero attached hydrogens (tertiary/aromatic N) is 1. The first-order valence-electron chi connectivity index (χ1n) is 8.57. The summed E-state index contributed by atoms with van der Waals surface area (Å²) in [6.45, 7) is 2.41. The molecule has 0 fully saturated rings. The third-order valence-corrected chi connectivity index (χ3v) is 4.45. The summed E-state index contributed by atoms with van der Waals surface area (Å²) in [6, 6.07) is 11.6. The van der Waals surface area contributed by atoms with Crippen molar-refractivity contribution in [3.8, 4) is 0 Å². The van der Waals surface area contributed by atoms with E-state index in [1.807, 2.05) is 6.92 Å². The number of aliphatic imine (C=N–C) groups is 1. The minimum atomic E-state index is -0.604. The monoisotopic (exact) mass is 371 g/mol. The highest BCUT2D eigenvalue weighted by Crippen LogP contribution is 2.31. The third kappa shape index (κ3) is 3.86. The lowest BCUT2D eigenvalue weighted by Crippen LogP contribution is -2.17. The summed E-state index contributed by atoms with van der Waals surface area (Å²) in [7, 11) is 0. The van der Waals surface area contributed by atoms with E-state index in [-0.39, 0.29) is 11.8 Å². The molecule has 26 heavy (non-hydrogen) atoms. The highest BCUT2D eigenvalue weighted by molar-refractivity contribution is 6.31. The van der Waals surface area contributed by atoms with Crippen molar-refractivity contribution in [1.29, 1.82) is 0 Å². The number of fused-ring (bicyclic) bond motifs is 1. The van der Waals surface area contributed by atoms with Crippen molar-refractivity contribution in [2.45, 2.75) is 25.7 Å². The maximum absolute atomic E-state index is 14.3. The lowest BCUT2D eigenvalue weighted by Gasteiger charge is -2.17. The molecule has 1 heterocycles. The van der Waals surface area contributed by atoms with Crippen molar-refractivity contribution in [3.05, 3.63) is 82.3 Å². The molecule has 1 aliphatic heterocycles. The van der Waals surface area contributed by atoms with Crippen molar-refractivity contribution >= 4 is 23.3 Å². The Morgan fingerprint density at radius 1 is 1.23 bits per heavy atom. The van der Waals surface area contributed by atoms with Gasteiger partial charge < -0.3 is 4.74 Å². The molecule has 2 aromatic carbocycles. The Morgan fingerprint density at radius 3 is 2.81 bits per heavy atom. The SMILES string of the molecule is CCCCOC(=O)C1C=CN=C(c2ccccc2F)c2cc(Cl)ccc21. The van der Waals surface area contributed by atoms with Crippen molar-refractivity contribution in [1.82, 2.24) is 0 Å². The Balaban J connectivity index is 2.03. The lowest BCUT2D eigenvalue weighted by molar-refractivity contribution is -0.144. The highest BCUT2D eigenvalue weighted by atomic mass is 35.5. The standard InChI is InChI=1S/C21H19ClFNO2/c1-2-3-12-26-21(25)16-10-11-24-20(17-6-4-5-7-19(17)23)18-13-14(22)8-9-15(16)18/h4-11,13,16H,2-3,12H2,1H3. The summed E-state index contributed by atoms with van der Waals surface area (Å²) in [6.07, 6.45) is 4.96. The number of unbranched alkanes of at least 4 members (excludes halogenated alkanes) is 1. The van der Waals surface area contributed by atoms with Crippen LogP contribution < -0.4 is 0 Å². The molecule has 0 saturated carbocycles. The van der Waals surface area contributed by atoms with E-state index in [1.165, 1.54) is 12.3 Å². The highest BCUT2D eigenvalue weighted by Gasteiger charge is 2.27. The molecule has 1 unspecified atom stereocenters. The van der Waals surface area contributed by atoms with Gasteiger partial charge in [-0.15, -0.1) is 0 Å². The van der Waals surface area contributed by atoms with Crippen LogP contribution in [0.4, 0.5) is 4.39 Å². The Morgan fingerprint density at radius 2 is 2.04 bits per heavy atom. The third-order valence-electron chi connectivity index (χ3n) is 4.21. The summed E-state index contributed by atoms with van der Waals surface area (Å²) in [5.74, 6) is -1.33. The predicted molar refractivity (Wildman–Crippen MR) is 101 cm³/mol. The van der Waals surface area contributed by atoms with Gasteiger partial charge >= 0.3 is 5.97 Å². The number of esters is 1. The van der Waals surface area contributed by atoms with Gasteiger partial charge in [-0.2, -0.15) is 0 Å². The Labute approximate surface area is 157 Å². The number of hydrogen-bond donors (Lipinski definition) is 0. The van der Waals surface area contributed by atoms with Crippen LogP contribution in [0.15, 0.2) is 59.7 Å². The van der Waals surface area contributed by atoms with Gasteiger partial charge in [0.2, 0.25) is 0 Å². The van der Waals surface area contributed by atoms with Crippen molar-refractivity contribution in [2.75, 3.05) is 6.61 Å². The largest absolute Gasteiger partial charge is 0.465 e. The van der Waals surface area contributed by atoms with Gasteiger partial charge in [0.1, 0.15) is 11.7 Å². The van der Waals surface area contributed by atoms with Gasteiger partial charge in [0, 0.05) is 22.3 Å². The zero-order chi connectivity index (χ0) is 18.5.